The number of nitrogens with one attached hydrogen (secondary N) is 4. The Bertz CT molecular complexity index is 1310. The molecule has 32 heavy (non-hydrogen) atoms. The SMILES string of the molecule is O=C(Nc1cccc2cnc(Nc3ccc4nc(C(F)(F)F)[nH]c4c3)nc12)C1CCCN1. The second kappa shape index (κ2) is 7.75. The lowest BCUT2D eigenvalue weighted by Crippen LogP contribution is -2.35. The fraction of sp³-hybridized carbons (Fsp3) is 0.238. The number of hydrogen-bond donors (Lipinski definition) is 4. The van der Waals surface area contributed by atoms with E-state index in [0.29, 0.717) is 16.9 Å². The van der Waals surface area contributed by atoms with Gasteiger partial charge < -0.3 is 20.9 Å². The minimum Gasteiger partial charge on any atom is -0.334 e. The van der Waals surface area contributed by atoms with Crippen LogP contribution in [0.4, 0.5) is 30.5 Å². The molecule has 164 valence electrons. The summed E-state index contributed by atoms with van der Waals surface area (Å²) in [6.07, 6.45) is -1.20. The largest absolute Gasteiger partial charge is 0.449 e. The first-order valence-corrected chi connectivity index (χ1v) is 10.0. The first kappa shape index (κ1) is 20.2. The van der Waals surface area contributed by atoms with Crippen molar-refractivity contribution >= 4 is 45.2 Å². The highest BCUT2D eigenvalue weighted by Gasteiger charge is 2.34. The fourth-order valence-electron chi connectivity index (χ4n) is 3.70. The minimum absolute atomic E-state index is 0.117. The van der Waals surface area contributed by atoms with Gasteiger partial charge in [-0.1, -0.05) is 12.1 Å². The third-order valence-corrected chi connectivity index (χ3v) is 5.25. The molecule has 0 bridgehead atoms. The molecule has 1 atom stereocenters. The second-order valence-electron chi connectivity index (χ2n) is 7.52. The molecule has 3 heterocycles. The van der Waals surface area contributed by atoms with E-state index in [1.807, 2.05) is 6.07 Å². The van der Waals surface area contributed by atoms with Gasteiger partial charge in [0.2, 0.25) is 17.7 Å². The Morgan fingerprint density at radius 1 is 1.16 bits per heavy atom. The molecule has 1 aliphatic heterocycles. The Kier molecular flexibility index (Phi) is 4.89. The van der Waals surface area contributed by atoms with Crippen LogP contribution >= 0.6 is 0 Å². The number of anilines is 3. The molecule has 0 spiro atoms. The molecule has 0 aliphatic carbocycles. The van der Waals surface area contributed by atoms with Crippen molar-refractivity contribution in [2.45, 2.75) is 25.1 Å². The van der Waals surface area contributed by atoms with E-state index in [2.05, 4.69) is 35.9 Å². The summed E-state index contributed by atoms with van der Waals surface area (Å²) in [7, 11) is 0. The number of imidazole rings is 1. The summed E-state index contributed by atoms with van der Waals surface area (Å²) >= 11 is 0. The van der Waals surface area contributed by atoms with E-state index in [9.17, 15) is 18.0 Å². The Hall–Kier alpha value is -3.73. The molecule has 1 amide bonds. The maximum atomic E-state index is 12.9. The number of fused-ring (bicyclic) bond motifs is 2. The second-order valence-corrected chi connectivity index (χ2v) is 7.52. The number of carbonyl (C=O) groups is 1. The Morgan fingerprint density at radius 2 is 2.03 bits per heavy atom. The van der Waals surface area contributed by atoms with Gasteiger partial charge in [0, 0.05) is 17.3 Å². The van der Waals surface area contributed by atoms with Gasteiger partial charge in [0.15, 0.2) is 0 Å². The molecule has 2 aromatic carbocycles. The topological polar surface area (TPSA) is 108 Å². The number of halogens is 3. The molecule has 8 nitrogen and oxygen atoms in total. The van der Waals surface area contributed by atoms with Crippen LogP contribution in [0.1, 0.15) is 18.7 Å². The van der Waals surface area contributed by atoms with E-state index >= 15 is 0 Å². The van der Waals surface area contributed by atoms with Gasteiger partial charge in [0.1, 0.15) is 0 Å². The van der Waals surface area contributed by atoms with Crippen LogP contribution in [0.3, 0.4) is 0 Å². The number of para-hydroxylation sites is 1. The molecule has 5 rings (SSSR count). The lowest BCUT2D eigenvalue weighted by Gasteiger charge is -2.13. The summed E-state index contributed by atoms with van der Waals surface area (Å²) < 4.78 is 38.7. The number of amides is 1. The van der Waals surface area contributed by atoms with Crippen LogP contribution in [0.5, 0.6) is 0 Å². The van der Waals surface area contributed by atoms with Crippen molar-refractivity contribution in [1.29, 1.82) is 0 Å². The van der Waals surface area contributed by atoms with E-state index < -0.39 is 12.0 Å². The number of nitrogens with zero attached hydrogens (tertiary/aromatic N) is 3. The van der Waals surface area contributed by atoms with Crippen LogP contribution in [0.2, 0.25) is 0 Å². The summed E-state index contributed by atoms with van der Waals surface area (Å²) in [6, 6.07) is 9.75. The summed E-state index contributed by atoms with van der Waals surface area (Å²) in [5, 5.41) is 9.82. The number of aromatic amines is 1. The molecule has 4 N–H and O–H groups in total. The van der Waals surface area contributed by atoms with E-state index in [-0.39, 0.29) is 28.9 Å². The molecule has 11 heteroatoms. The molecular weight excluding hydrogens is 423 g/mol. The van der Waals surface area contributed by atoms with Crippen LogP contribution in [0, 0.1) is 0 Å². The van der Waals surface area contributed by atoms with Crippen molar-refractivity contribution in [2.24, 2.45) is 0 Å². The summed E-state index contributed by atoms with van der Waals surface area (Å²) in [5.74, 6) is -0.926. The van der Waals surface area contributed by atoms with Gasteiger partial charge in [-0.3, -0.25) is 4.79 Å². The quantitative estimate of drug-likeness (QED) is 0.382. The highest BCUT2D eigenvalue weighted by atomic mass is 19.4. The molecular formula is C21H18F3N7O. The highest BCUT2D eigenvalue weighted by molar-refractivity contribution is 6.02. The molecule has 1 unspecified atom stereocenters. The maximum Gasteiger partial charge on any atom is 0.449 e. The average molecular weight is 441 g/mol. The molecule has 1 saturated heterocycles. The normalized spacial score (nSPS) is 16.5. The van der Waals surface area contributed by atoms with Crippen molar-refractivity contribution in [1.82, 2.24) is 25.3 Å². The third kappa shape index (κ3) is 3.94. The zero-order chi connectivity index (χ0) is 22.3. The molecule has 0 radical (unpaired) electrons. The fourth-order valence-corrected chi connectivity index (χ4v) is 3.70. The number of hydrogen-bond acceptors (Lipinski definition) is 6. The van der Waals surface area contributed by atoms with Gasteiger partial charge in [0.05, 0.1) is 28.3 Å². The summed E-state index contributed by atoms with van der Waals surface area (Å²) in [5.41, 5.74) is 2.04. The number of benzene rings is 2. The number of alkyl halides is 3. The first-order valence-electron chi connectivity index (χ1n) is 10.0. The van der Waals surface area contributed by atoms with Gasteiger partial charge in [-0.05, 0) is 43.7 Å². The number of aromatic nitrogens is 4. The van der Waals surface area contributed by atoms with Crippen LogP contribution in [-0.2, 0) is 11.0 Å². The zero-order valence-electron chi connectivity index (χ0n) is 16.6. The van der Waals surface area contributed by atoms with Crippen molar-refractivity contribution in [2.75, 3.05) is 17.2 Å². The smallest absolute Gasteiger partial charge is 0.334 e. The van der Waals surface area contributed by atoms with Crippen LogP contribution in [0.25, 0.3) is 21.9 Å². The third-order valence-electron chi connectivity index (χ3n) is 5.25. The first-order chi connectivity index (χ1) is 15.4. The Balaban J connectivity index is 1.42. The zero-order valence-corrected chi connectivity index (χ0v) is 16.6. The van der Waals surface area contributed by atoms with Gasteiger partial charge >= 0.3 is 6.18 Å². The lowest BCUT2D eigenvalue weighted by atomic mass is 10.2. The van der Waals surface area contributed by atoms with Crippen LogP contribution < -0.4 is 16.0 Å². The van der Waals surface area contributed by atoms with Crippen LogP contribution in [-0.4, -0.2) is 38.4 Å². The van der Waals surface area contributed by atoms with Gasteiger partial charge in [-0.25, -0.2) is 15.0 Å². The number of H-pyrrole nitrogens is 1. The van der Waals surface area contributed by atoms with Crippen LogP contribution in [0.15, 0.2) is 42.6 Å². The van der Waals surface area contributed by atoms with Gasteiger partial charge in [0.25, 0.3) is 0 Å². The molecule has 2 aromatic heterocycles. The van der Waals surface area contributed by atoms with E-state index in [0.717, 1.165) is 24.8 Å². The van der Waals surface area contributed by atoms with Gasteiger partial charge in [-0.2, -0.15) is 13.2 Å². The number of carbonyl (C=O) groups excluding carboxylic acids is 1. The van der Waals surface area contributed by atoms with Crippen molar-refractivity contribution < 1.29 is 18.0 Å². The minimum atomic E-state index is -4.55. The molecule has 0 saturated carbocycles. The molecule has 1 fully saturated rings. The standard InChI is InChI=1S/C21H18F3N7O/c22-21(23,24)19-29-13-7-6-12(9-16(13)30-19)27-20-26-10-11-3-1-4-14(17(11)31-20)28-18(32)15-5-2-8-25-15/h1,3-4,6-7,9-10,15,25H,2,5,8H2,(H,28,32)(H,29,30)(H,26,27,31). The predicted molar refractivity (Wildman–Crippen MR) is 114 cm³/mol. The maximum absolute atomic E-state index is 12.9. The van der Waals surface area contributed by atoms with Crippen molar-refractivity contribution in [3.8, 4) is 0 Å². The summed E-state index contributed by atoms with van der Waals surface area (Å²) in [4.78, 5) is 27.1. The number of rotatable bonds is 4. The summed E-state index contributed by atoms with van der Waals surface area (Å²) in [6.45, 7) is 0.814. The monoisotopic (exact) mass is 441 g/mol. The van der Waals surface area contributed by atoms with E-state index in [4.69, 9.17) is 0 Å². The Labute approximate surface area is 179 Å². The molecule has 4 aromatic rings. The van der Waals surface area contributed by atoms with E-state index in [1.165, 1.54) is 12.1 Å². The van der Waals surface area contributed by atoms with Crippen molar-refractivity contribution in [3.63, 3.8) is 0 Å². The average Bonchev–Trinajstić information content (AvgIpc) is 3.44. The molecule has 1 aliphatic rings. The lowest BCUT2D eigenvalue weighted by molar-refractivity contribution is -0.144. The van der Waals surface area contributed by atoms with E-state index in [1.54, 1.807) is 24.4 Å². The Morgan fingerprint density at radius 3 is 2.81 bits per heavy atom. The van der Waals surface area contributed by atoms with Gasteiger partial charge in [-0.15, -0.1) is 0 Å². The van der Waals surface area contributed by atoms with Crippen molar-refractivity contribution in [3.05, 3.63) is 48.4 Å². The predicted octanol–water partition coefficient (Wildman–Crippen LogP) is 3.96. The highest BCUT2D eigenvalue weighted by Crippen LogP contribution is 2.30.